The molecule has 0 bridgehead atoms. The molecule has 0 saturated heterocycles. The zero-order valence-electron chi connectivity index (χ0n) is 14.6. The Hall–Kier alpha value is -1.98. The van der Waals surface area contributed by atoms with E-state index in [-0.39, 0.29) is 17.4 Å². The van der Waals surface area contributed by atoms with Gasteiger partial charge in [0.05, 0.1) is 0 Å². The van der Waals surface area contributed by atoms with Crippen LogP contribution in [0.2, 0.25) is 0 Å². The third-order valence-corrected chi connectivity index (χ3v) is 6.09. The van der Waals surface area contributed by atoms with Gasteiger partial charge in [0, 0.05) is 17.2 Å². The fourth-order valence-electron chi connectivity index (χ4n) is 3.68. The predicted molar refractivity (Wildman–Crippen MR) is 94.2 cm³/mol. The molecule has 1 fully saturated rings. The quantitative estimate of drug-likeness (QED) is 0.676. The number of nitrogens with one attached hydrogen (secondary N) is 1. The van der Waals surface area contributed by atoms with E-state index in [1.54, 1.807) is 0 Å². The Kier molecular flexibility index (Phi) is 5.82. The van der Waals surface area contributed by atoms with Gasteiger partial charge in [-0.25, -0.2) is 22.3 Å². The molecule has 2 aromatic rings. The van der Waals surface area contributed by atoms with Gasteiger partial charge in [0.25, 0.3) is 6.43 Å². The largest absolute Gasteiger partial charge is 0.328 e. The molecule has 1 saturated carbocycles. The number of hydrogen-bond acceptors (Lipinski definition) is 6. The van der Waals surface area contributed by atoms with Crippen molar-refractivity contribution in [1.29, 1.82) is 0 Å². The maximum absolute atomic E-state index is 13.4. The molecule has 5 N–H and O–H groups in total. The normalized spacial score (nSPS) is 20.9. The van der Waals surface area contributed by atoms with Gasteiger partial charge in [0.1, 0.15) is 4.90 Å². The van der Waals surface area contributed by atoms with Crippen molar-refractivity contribution in [2.75, 3.05) is 0 Å². The van der Waals surface area contributed by atoms with E-state index in [1.807, 2.05) is 0 Å². The van der Waals surface area contributed by atoms with Crippen LogP contribution in [0.1, 0.15) is 49.7 Å². The van der Waals surface area contributed by atoms with E-state index < -0.39 is 26.9 Å². The first-order valence-electron chi connectivity index (χ1n) is 8.73. The lowest BCUT2D eigenvalue weighted by Crippen LogP contribution is -2.26. The maximum atomic E-state index is 13.4. The summed E-state index contributed by atoms with van der Waals surface area (Å²) < 4.78 is 51.1. The van der Waals surface area contributed by atoms with E-state index in [4.69, 9.17) is 10.9 Å². The lowest BCUT2D eigenvalue weighted by molar-refractivity contribution is 0.148. The number of rotatable bonds is 6. The molecule has 11 heteroatoms. The lowest BCUT2D eigenvalue weighted by Gasteiger charge is -2.26. The minimum absolute atomic E-state index is 0.00318. The summed E-state index contributed by atoms with van der Waals surface area (Å²) in [5.74, 6) is 0.387. The number of alkyl halides is 2. The summed E-state index contributed by atoms with van der Waals surface area (Å²) in [6, 6.07) is 2.84. The van der Waals surface area contributed by atoms with Gasteiger partial charge in [-0.2, -0.15) is 5.21 Å². The molecular formula is C16H22F2N6O2S. The Morgan fingerprint density at radius 2 is 1.93 bits per heavy atom. The second-order valence-electron chi connectivity index (χ2n) is 6.92. The van der Waals surface area contributed by atoms with Crippen molar-refractivity contribution in [3.8, 4) is 11.4 Å². The number of benzene rings is 1. The Morgan fingerprint density at radius 3 is 2.48 bits per heavy atom. The summed E-state index contributed by atoms with van der Waals surface area (Å²) in [5.41, 5.74) is 5.82. The predicted octanol–water partition coefficient (Wildman–Crippen LogP) is 1.90. The molecule has 148 valence electrons. The molecule has 8 nitrogen and oxygen atoms in total. The van der Waals surface area contributed by atoms with E-state index in [0.29, 0.717) is 17.9 Å². The van der Waals surface area contributed by atoms with Gasteiger partial charge >= 0.3 is 0 Å². The minimum atomic E-state index is -4.43. The van der Waals surface area contributed by atoms with Gasteiger partial charge in [0.15, 0.2) is 0 Å². The number of halogens is 2. The van der Waals surface area contributed by atoms with Crippen LogP contribution in [0.15, 0.2) is 17.0 Å². The van der Waals surface area contributed by atoms with Crippen molar-refractivity contribution < 1.29 is 17.2 Å². The average molecular weight is 400 g/mol. The Balaban J connectivity index is 2.01. The summed E-state index contributed by atoms with van der Waals surface area (Å²) in [6.45, 7) is 0. The van der Waals surface area contributed by atoms with E-state index in [9.17, 15) is 17.2 Å². The van der Waals surface area contributed by atoms with Crippen LogP contribution in [-0.4, -0.2) is 35.1 Å². The summed E-state index contributed by atoms with van der Waals surface area (Å²) in [6.07, 6.45) is 2.18. The van der Waals surface area contributed by atoms with Gasteiger partial charge in [-0.15, -0.1) is 10.2 Å². The molecule has 1 heterocycles. The smallest absolute Gasteiger partial charge is 0.265 e. The molecule has 1 aliphatic rings. The van der Waals surface area contributed by atoms with Crippen LogP contribution in [0, 0.1) is 5.92 Å². The number of aromatic amines is 1. The summed E-state index contributed by atoms with van der Waals surface area (Å²) in [5, 5.41) is 18.5. The second kappa shape index (κ2) is 7.95. The van der Waals surface area contributed by atoms with E-state index >= 15 is 0 Å². The Bertz CT molecular complexity index is 881. The third kappa shape index (κ3) is 4.47. The first-order chi connectivity index (χ1) is 12.8. The molecule has 3 rings (SSSR count). The summed E-state index contributed by atoms with van der Waals surface area (Å²) in [4.78, 5) is -0.637. The average Bonchev–Trinajstić information content (AvgIpc) is 3.13. The van der Waals surface area contributed by atoms with Crippen molar-refractivity contribution in [3.05, 3.63) is 23.3 Å². The number of aromatic nitrogens is 4. The fourth-order valence-corrected chi connectivity index (χ4v) is 4.67. The van der Waals surface area contributed by atoms with Crippen LogP contribution < -0.4 is 10.9 Å². The molecule has 0 aliphatic heterocycles. The van der Waals surface area contributed by atoms with Crippen LogP contribution in [0.25, 0.3) is 11.4 Å². The minimum Gasteiger partial charge on any atom is -0.328 e. The van der Waals surface area contributed by atoms with E-state index in [0.717, 1.165) is 38.2 Å². The van der Waals surface area contributed by atoms with Crippen LogP contribution >= 0.6 is 0 Å². The zero-order chi connectivity index (χ0) is 19.6. The second-order valence-corrected chi connectivity index (χ2v) is 8.42. The first-order valence-corrected chi connectivity index (χ1v) is 10.3. The van der Waals surface area contributed by atoms with Gasteiger partial charge in [-0.3, -0.25) is 0 Å². The molecule has 0 radical (unpaired) electrons. The van der Waals surface area contributed by atoms with E-state index in [1.165, 1.54) is 6.07 Å². The number of aryl methyl sites for hydroxylation is 1. The van der Waals surface area contributed by atoms with Crippen LogP contribution in [-0.2, 0) is 16.4 Å². The van der Waals surface area contributed by atoms with Crippen LogP contribution in [0.3, 0.4) is 0 Å². The highest BCUT2D eigenvalue weighted by Gasteiger charge is 2.29. The Labute approximate surface area is 155 Å². The topological polar surface area (TPSA) is 141 Å². The number of H-pyrrole nitrogens is 1. The van der Waals surface area contributed by atoms with Gasteiger partial charge in [0.2, 0.25) is 15.8 Å². The SMILES string of the molecule is NS(=O)(=O)c1c(C(F)F)ccc(CC[C@H]2CC[C@H](N)CC2)c1-c1nn[nH]n1. The molecule has 0 amide bonds. The number of tetrazole rings is 1. The maximum Gasteiger partial charge on any atom is 0.265 e. The van der Waals surface area contributed by atoms with Crippen molar-refractivity contribution in [1.82, 2.24) is 20.6 Å². The monoisotopic (exact) mass is 400 g/mol. The number of primary sulfonamides is 1. The van der Waals surface area contributed by atoms with Crippen LogP contribution in [0.5, 0.6) is 0 Å². The molecule has 1 aromatic heterocycles. The van der Waals surface area contributed by atoms with Gasteiger partial charge in [-0.1, -0.05) is 12.1 Å². The number of hydrogen-bond donors (Lipinski definition) is 3. The Morgan fingerprint density at radius 1 is 1.22 bits per heavy atom. The molecular weight excluding hydrogens is 378 g/mol. The number of nitrogens with two attached hydrogens (primary N) is 2. The molecule has 0 unspecified atom stereocenters. The molecule has 0 spiro atoms. The van der Waals surface area contributed by atoms with Gasteiger partial charge < -0.3 is 5.73 Å². The third-order valence-electron chi connectivity index (χ3n) is 5.08. The van der Waals surface area contributed by atoms with Crippen molar-refractivity contribution in [3.63, 3.8) is 0 Å². The molecule has 0 atom stereocenters. The molecule has 1 aromatic carbocycles. The number of nitrogens with zero attached hydrogens (tertiary/aromatic N) is 3. The van der Waals surface area contributed by atoms with Crippen molar-refractivity contribution in [2.24, 2.45) is 16.8 Å². The summed E-state index contributed by atoms with van der Waals surface area (Å²) in [7, 11) is -4.43. The first kappa shape index (κ1) is 19.8. The van der Waals surface area contributed by atoms with Crippen LogP contribution in [0.4, 0.5) is 8.78 Å². The number of sulfonamides is 1. The zero-order valence-corrected chi connectivity index (χ0v) is 15.4. The summed E-state index contributed by atoms with van der Waals surface area (Å²) >= 11 is 0. The standard InChI is InChI=1S/C16H22F2N6O2S/c17-15(18)12-8-5-10(4-1-9-2-6-11(19)7-3-9)13(14(12)27(20,25)26)16-21-23-24-22-16/h5,8-9,11,15H,1-4,6-7,19H2,(H2,20,25,26)(H,21,22,23,24)/t9-,11-. The highest BCUT2D eigenvalue weighted by atomic mass is 32.2. The van der Waals surface area contributed by atoms with Crippen molar-refractivity contribution in [2.45, 2.75) is 55.9 Å². The highest BCUT2D eigenvalue weighted by molar-refractivity contribution is 7.89. The highest BCUT2D eigenvalue weighted by Crippen LogP contribution is 2.37. The van der Waals surface area contributed by atoms with E-state index in [2.05, 4.69) is 20.6 Å². The lowest BCUT2D eigenvalue weighted by atomic mass is 9.82. The fraction of sp³-hybridized carbons (Fsp3) is 0.562. The molecule has 27 heavy (non-hydrogen) atoms. The molecule has 1 aliphatic carbocycles. The van der Waals surface area contributed by atoms with Crippen molar-refractivity contribution >= 4 is 10.0 Å². The van der Waals surface area contributed by atoms with Gasteiger partial charge in [-0.05, 0) is 55.2 Å².